The van der Waals surface area contributed by atoms with E-state index in [0.29, 0.717) is 17.7 Å². The van der Waals surface area contributed by atoms with E-state index in [1.807, 2.05) is 0 Å². The molecule has 0 radical (unpaired) electrons. The third-order valence-corrected chi connectivity index (χ3v) is 4.27. The summed E-state index contributed by atoms with van der Waals surface area (Å²) in [5, 5.41) is 7.46. The van der Waals surface area contributed by atoms with Crippen LogP contribution in [0.15, 0.2) is 12.3 Å². The van der Waals surface area contributed by atoms with Gasteiger partial charge in [-0.2, -0.15) is 0 Å². The van der Waals surface area contributed by atoms with E-state index in [2.05, 4.69) is 19.8 Å². The van der Waals surface area contributed by atoms with Crippen molar-refractivity contribution in [1.29, 1.82) is 5.41 Å². The average Bonchev–Trinajstić information content (AvgIpc) is 2.98. The summed E-state index contributed by atoms with van der Waals surface area (Å²) >= 11 is 0. The Labute approximate surface area is 119 Å². The molecule has 2 aliphatic rings. The predicted octanol–water partition coefficient (Wildman–Crippen LogP) is 0.825. The SMILES string of the molecule is N=C(N)c1ccnc(N2CCC(N3CCCCC3)C2)n1. The van der Waals surface area contributed by atoms with Gasteiger partial charge < -0.3 is 10.6 Å². The highest BCUT2D eigenvalue weighted by molar-refractivity contribution is 5.93. The number of likely N-dealkylation sites (tertiary alicyclic amines) is 1. The summed E-state index contributed by atoms with van der Waals surface area (Å²) in [5.74, 6) is 0.706. The third kappa shape index (κ3) is 2.75. The second-order valence-corrected chi connectivity index (χ2v) is 5.64. The molecule has 2 fully saturated rings. The zero-order valence-electron chi connectivity index (χ0n) is 11.8. The van der Waals surface area contributed by atoms with Crippen molar-refractivity contribution in [2.75, 3.05) is 31.1 Å². The molecule has 6 heteroatoms. The first-order chi connectivity index (χ1) is 9.74. The Bertz CT molecular complexity index is 482. The first-order valence-electron chi connectivity index (χ1n) is 7.40. The zero-order chi connectivity index (χ0) is 13.9. The standard InChI is InChI=1S/C14H22N6/c15-13(16)12-4-6-17-14(18-12)20-9-5-11(10-20)19-7-2-1-3-8-19/h4,6,11H,1-3,5,7-10H2,(H3,15,16). The normalized spacial score (nSPS) is 24.0. The quantitative estimate of drug-likeness (QED) is 0.630. The van der Waals surface area contributed by atoms with Gasteiger partial charge in [0.05, 0.1) is 0 Å². The Morgan fingerprint density at radius 1 is 1.25 bits per heavy atom. The molecule has 2 saturated heterocycles. The van der Waals surface area contributed by atoms with Crippen molar-refractivity contribution in [2.45, 2.75) is 31.7 Å². The van der Waals surface area contributed by atoms with Gasteiger partial charge >= 0.3 is 0 Å². The maximum atomic E-state index is 7.46. The van der Waals surface area contributed by atoms with Gasteiger partial charge in [-0.3, -0.25) is 10.3 Å². The number of anilines is 1. The molecule has 1 aromatic heterocycles. The minimum atomic E-state index is 0.000396. The summed E-state index contributed by atoms with van der Waals surface area (Å²) in [6, 6.07) is 2.31. The average molecular weight is 274 g/mol. The molecule has 3 N–H and O–H groups in total. The largest absolute Gasteiger partial charge is 0.382 e. The highest BCUT2D eigenvalue weighted by Crippen LogP contribution is 2.22. The van der Waals surface area contributed by atoms with Crippen molar-refractivity contribution in [3.63, 3.8) is 0 Å². The topological polar surface area (TPSA) is 82.1 Å². The molecule has 1 unspecified atom stereocenters. The Balaban J connectivity index is 1.67. The second-order valence-electron chi connectivity index (χ2n) is 5.64. The highest BCUT2D eigenvalue weighted by atomic mass is 15.3. The summed E-state index contributed by atoms with van der Waals surface area (Å²) in [6.07, 6.45) is 6.89. The molecule has 0 amide bonds. The van der Waals surface area contributed by atoms with E-state index in [1.54, 1.807) is 12.3 Å². The van der Waals surface area contributed by atoms with Gasteiger partial charge in [0.15, 0.2) is 0 Å². The van der Waals surface area contributed by atoms with Crippen molar-refractivity contribution < 1.29 is 0 Å². The van der Waals surface area contributed by atoms with Crippen LogP contribution >= 0.6 is 0 Å². The fourth-order valence-electron chi connectivity index (χ4n) is 3.16. The summed E-state index contributed by atoms with van der Waals surface area (Å²) < 4.78 is 0. The Morgan fingerprint density at radius 2 is 2.05 bits per heavy atom. The second kappa shape index (κ2) is 5.75. The molecule has 1 atom stereocenters. The van der Waals surface area contributed by atoms with Crippen molar-refractivity contribution in [3.8, 4) is 0 Å². The van der Waals surface area contributed by atoms with Crippen LogP contribution in [0.25, 0.3) is 0 Å². The number of amidine groups is 1. The summed E-state index contributed by atoms with van der Waals surface area (Å²) in [6.45, 7) is 4.43. The van der Waals surface area contributed by atoms with Gasteiger partial charge in [0, 0.05) is 25.3 Å². The smallest absolute Gasteiger partial charge is 0.226 e. The summed E-state index contributed by atoms with van der Waals surface area (Å²) in [7, 11) is 0. The number of piperidine rings is 1. The highest BCUT2D eigenvalue weighted by Gasteiger charge is 2.29. The van der Waals surface area contributed by atoms with Crippen LogP contribution in [0.4, 0.5) is 5.95 Å². The fraction of sp³-hybridized carbons (Fsp3) is 0.643. The maximum absolute atomic E-state index is 7.46. The molecule has 20 heavy (non-hydrogen) atoms. The Kier molecular flexibility index (Phi) is 3.82. The minimum absolute atomic E-state index is 0.000396. The lowest BCUT2D eigenvalue weighted by atomic mass is 10.1. The number of nitrogens with two attached hydrogens (primary N) is 1. The Morgan fingerprint density at radius 3 is 2.80 bits per heavy atom. The molecule has 2 aliphatic heterocycles. The molecule has 3 rings (SSSR count). The van der Waals surface area contributed by atoms with Gasteiger partial charge in [-0.1, -0.05) is 6.42 Å². The monoisotopic (exact) mass is 274 g/mol. The van der Waals surface area contributed by atoms with Crippen LogP contribution in [0.3, 0.4) is 0 Å². The van der Waals surface area contributed by atoms with Crippen LogP contribution in [0.1, 0.15) is 31.4 Å². The molecule has 3 heterocycles. The van der Waals surface area contributed by atoms with E-state index in [-0.39, 0.29) is 5.84 Å². The van der Waals surface area contributed by atoms with E-state index >= 15 is 0 Å². The molecule has 108 valence electrons. The molecule has 0 saturated carbocycles. The molecular weight excluding hydrogens is 252 g/mol. The molecule has 6 nitrogen and oxygen atoms in total. The van der Waals surface area contributed by atoms with E-state index in [9.17, 15) is 0 Å². The number of rotatable bonds is 3. The lowest BCUT2D eigenvalue weighted by Crippen LogP contribution is -2.41. The van der Waals surface area contributed by atoms with Crippen molar-refractivity contribution in [2.24, 2.45) is 5.73 Å². The van der Waals surface area contributed by atoms with Crippen molar-refractivity contribution in [1.82, 2.24) is 14.9 Å². The van der Waals surface area contributed by atoms with Gasteiger partial charge in [-0.05, 0) is 38.4 Å². The summed E-state index contributed by atoms with van der Waals surface area (Å²) in [4.78, 5) is 13.5. The number of aromatic nitrogens is 2. The zero-order valence-corrected chi connectivity index (χ0v) is 11.8. The van der Waals surface area contributed by atoms with Gasteiger partial charge in [-0.25, -0.2) is 9.97 Å². The Hall–Kier alpha value is -1.69. The summed E-state index contributed by atoms with van der Waals surface area (Å²) in [5.41, 5.74) is 6.00. The fourth-order valence-corrected chi connectivity index (χ4v) is 3.16. The molecule has 0 spiro atoms. The number of nitrogens with zero attached hydrogens (tertiary/aromatic N) is 4. The molecule has 1 aromatic rings. The van der Waals surface area contributed by atoms with Gasteiger partial charge in [-0.15, -0.1) is 0 Å². The minimum Gasteiger partial charge on any atom is -0.382 e. The van der Waals surface area contributed by atoms with Crippen LogP contribution in [0, 0.1) is 5.41 Å². The number of nitrogens with one attached hydrogen (secondary N) is 1. The van der Waals surface area contributed by atoms with Gasteiger partial charge in [0.2, 0.25) is 5.95 Å². The van der Waals surface area contributed by atoms with Crippen LogP contribution in [-0.4, -0.2) is 52.9 Å². The van der Waals surface area contributed by atoms with Crippen LogP contribution < -0.4 is 10.6 Å². The molecule has 0 bridgehead atoms. The third-order valence-electron chi connectivity index (χ3n) is 4.27. The maximum Gasteiger partial charge on any atom is 0.226 e. The van der Waals surface area contributed by atoms with Crippen molar-refractivity contribution in [3.05, 3.63) is 18.0 Å². The van der Waals surface area contributed by atoms with E-state index in [0.717, 1.165) is 13.1 Å². The molecule has 0 aliphatic carbocycles. The van der Waals surface area contributed by atoms with Crippen LogP contribution in [0.5, 0.6) is 0 Å². The van der Waals surface area contributed by atoms with Crippen LogP contribution in [0.2, 0.25) is 0 Å². The lowest BCUT2D eigenvalue weighted by Gasteiger charge is -2.32. The van der Waals surface area contributed by atoms with Gasteiger partial charge in [0.1, 0.15) is 11.5 Å². The van der Waals surface area contributed by atoms with Crippen molar-refractivity contribution >= 4 is 11.8 Å². The predicted molar refractivity (Wildman–Crippen MR) is 79.1 cm³/mol. The molecular formula is C14H22N6. The van der Waals surface area contributed by atoms with E-state index < -0.39 is 0 Å². The first kappa shape index (κ1) is 13.3. The van der Waals surface area contributed by atoms with E-state index in [1.165, 1.54) is 38.8 Å². The number of nitrogen functional groups attached to an aromatic ring is 1. The lowest BCUT2D eigenvalue weighted by molar-refractivity contribution is 0.174. The van der Waals surface area contributed by atoms with Gasteiger partial charge in [0.25, 0.3) is 0 Å². The van der Waals surface area contributed by atoms with Crippen LogP contribution in [-0.2, 0) is 0 Å². The first-order valence-corrected chi connectivity index (χ1v) is 7.40. The van der Waals surface area contributed by atoms with E-state index in [4.69, 9.17) is 11.1 Å². The number of hydrogen-bond donors (Lipinski definition) is 2. The number of hydrogen-bond acceptors (Lipinski definition) is 5. The molecule has 0 aromatic carbocycles.